The number of furan rings is 1. The molecule has 240 valence electrons. The summed E-state index contributed by atoms with van der Waals surface area (Å²) in [4.78, 5) is 5.52. The van der Waals surface area contributed by atoms with Gasteiger partial charge in [0.2, 0.25) is 0 Å². The molecule has 0 aliphatic carbocycles. The first-order valence-electron chi connectivity index (χ1n) is 17.8. The smallest absolute Gasteiger partial charge is 0.136 e. The van der Waals surface area contributed by atoms with E-state index in [1.807, 2.05) is 6.07 Å². The molecule has 0 saturated carbocycles. The van der Waals surface area contributed by atoms with Gasteiger partial charge in [-0.05, 0) is 65.2 Å². The van der Waals surface area contributed by atoms with E-state index in [0.29, 0.717) is 0 Å². The highest BCUT2D eigenvalue weighted by molar-refractivity contribution is 6.29. The zero-order valence-electron chi connectivity index (χ0n) is 28.0. The summed E-state index contributed by atoms with van der Waals surface area (Å²) in [6.45, 7) is 0. The number of para-hydroxylation sites is 4. The fourth-order valence-corrected chi connectivity index (χ4v) is 8.86. The van der Waals surface area contributed by atoms with Gasteiger partial charge in [-0.25, -0.2) is 4.98 Å². The highest BCUT2D eigenvalue weighted by Gasteiger charge is 2.21. The third kappa shape index (κ3) is 3.72. The van der Waals surface area contributed by atoms with Crippen LogP contribution in [0.5, 0.6) is 0 Å². The number of rotatable bonds is 3. The number of nitrogens with zero attached hydrogens (tertiary/aromatic N) is 2. The van der Waals surface area contributed by atoms with Crippen LogP contribution in [-0.2, 0) is 0 Å². The van der Waals surface area contributed by atoms with E-state index in [1.54, 1.807) is 0 Å². The van der Waals surface area contributed by atoms with Crippen LogP contribution in [0.15, 0.2) is 174 Å². The Bertz CT molecular complexity index is 3320. The molecule has 12 rings (SSSR count). The number of aromatic nitrogens is 2. The normalized spacial score (nSPS) is 12.2. The summed E-state index contributed by atoms with van der Waals surface area (Å²) in [6, 6.07) is 61.1. The second kappa shape index (κ2) is 10.3. The van der Waals surface area contributed by atoms with E-state index in [-0.39, 0.29) is 0 Å². The Labute approximate surface area is 297 Å². The zero-order valence-corrected chi connectivity index (χ0v) is 28.0. The van der Waals surface area contributed by atoms with Gasteiger partial charge in [0.1, 0.15) is 11.2 Å². The molecule has 0 aliphatic rings. The van der Waals surface area contributed by atoms with Crippen LogP contribution in [-0.4, -0.2) is 9.38 Å². The zero-order chi connectivity index (χ0) is 33.9. The number of pyridine rings is 1. The Morgan fingerprint density at radius 2 is 1.02 bits per heavy atom. The second-order valence-electron chi connectivity index (χ2n) is 13.9. The number of fused-ring (bicyclic) bond motifs is 13. The van der Waals surface area contributed by atoms with Crippen molar-refractivity contribution in [3.05, 3.63) is 170 Å². The molecule has 0 fully saturated rings. The SMILES string of the molecule is c1ccc(-c2nc3c(-c4cccc(-c5cc6c7ccccc7n7c8ccccc8c(c5)c67)c4)cccc3c3c2ccc2oc4ccccc4c23)cc1. The summed E-state index contributed by atoms with van der Waals surface area (Å²) < 4.78 is 8.85. The number of benzene rings is 8. The van der Waals surface area contributed by atoms with Crippen LogP contribution >= 0.6 is 0 Å². The van der Waals surface area contributed by atoms with E-state index < -0.39 is 0 Å². The third-order valence-corrected chi connectivity index (χ3v) is 11.1. The summed E-state index contributed by atoms with van der Waals surface area (Å²) in [6.07, 6.45) is 0. The predicted molar refractivity (Wildman–Crippen MR) is 217 cm³/mol. The maximum Gasteiger partial charge on any atom is 0.136 e. The molecule has 0 spiro atoms. The Kier molecular flexibility index (Phi) is 5.50. The fourth-order valence-electron chi connectivity index (χ4n) is 8.86. The van der Waals surface area contributed by atoms with E-state index >= 15 is 0 Å². The number of hydrogen-bond donors (Lipinski definition) is 0. The molecule has 0 radical (unpaired) electrons. The first kappa shape index (κ1) is 27.8. The fraction of sp³-hybridized carbons (Fsp3) is 0. The van der Waals surface area contributed by atoms with E-state index in [4.69, 9.17) is 9.40 Å². The molecule has 0 atom stereocenters. The lowest BCUT2D eigenvalue weighted by Crippen LogP contribution is -1.93. The lowest BCUT2D eigenvalue weighted by Gasteiger charge is -2.15. The monoisotopic (exact) mass is 660 g/mol. The molecular formula is C49H28N2O. The first-order valence-corrected chi connectivity index (χ1v) is 17.8. The van der Waals surface area contributed by atoms with Gasteiger partial charge in [-0.15, -0.1) is 0 Å². The van der Waals surface area contributed by atoms with Gasteiger partial charge in [-0.2, -0.15) is 0 Å². The molecule has 52 heavy (non-hydrogen) atoms. The summed E-state index contributed by atoms with van der Waals surface area (Å²) >= 11 is 0. The van der Waals surface area contributed by atoms with Crippen LogP contribution in [0.1, 0.15) is 0 Å². The quantitative estimate of drug-likeness (QED) is 0.177. The minimum Gasteiger partial charge on any atom is -0.456 e. The summed E-state index contributed by atoms with van der Waals surface area (Å²) in [7, 11) is 0. The third-order valence-electron chi connectivity index (χ3n) is 11.1. The van der Waals surface area contributed by atoms with E-state index in [1.165, 1.54) is 54.6 Å². The van der Waals surface area contributed by atoms with Crippen molar-refractivity contribution in [3.63, 3.8) is 0 Å². The average molecular weight is 661 g/mol. The van der Waals surface area contributed by atoms with E-state index in [9.17, 15) is 0 Å². The van der Waals surface area contributed by atoms with Gasteiger partial charge < -0.3 is 8.82 Å². The molecule has 0 unspecified atom stereocenters. The van der Waals surface area contributed by atoms with Gasteiger partial charge in [0, 0.05) is 59.6 Å². The first-order chi connectivity index (χ1) is 25.8. The topological polar surface area (TPSA) is 30.4 Å². The van der Waals surface area contributed by atoms with Gasteiger partial charge in [-0.1, -0.05) is 121 Å². The van der Waals surface area contributed by atoms with Crippen LogP contribution < -0.4 is 0 Å². The Morgan fingerprint density at radius 3 is 1.81 bits per heavy atom. The van der Waals surface area contributed by atoms with Crippen molar-refractivity contribution in [2.24, 2.45) is 0 Å². The predicted octanol–water partition coefficient (Wildman–Crippen LogP) is 13.4. The van der Waals surface area contributed by atoms with Crippen molar-refractivity contribution in [1.29, 1.82) is 0 Å². The molecule has 0 N–H and O–H groups in total. The molecule has 4 aromatic heterocycles. The minimum atomic E-state index is 0.888. The summed E-state index contributed by atoms with van der Waals surface area (Å²) in [5, 5.41) is 10.8. The maximum atomic E-state index is 6.41. The molecule has 12 aromatic rings. The van der Waals surface area contributed by atoms with Gasteiger partial charge in [0.15, 0.2) is 0 Å². The minimum absolute atomic E-state index is 0.888. The van der Waals surface area contributed by atoms with Gasteiger partial charge in [0.05, 0.1) is 27.8 Å². The lowest BCUT2D eigenvalue weighted by atomic mass is 9.92. The van der Waals surface area contributed by atoms with E-state index in [0.717, 1.165) is 60.6 Å². The van der Waals surface area contributed by atoms with E-state index in [2.05, 4.69) is 168 Å². The summed E-state index contributed by atoms with van der Waals surface area (Å²) in [5.74, 6) is 0. The second-order valence-corrected chi connectivity index (χ2v) is 13.9. The molecule has 3 heteroatoms. The molecule has 0 bridgehead atoms. The van der Waals surface area contributed by atoms with Crippen molar-refractivity contribution < 1.29 is 4.42 Å². The van der Waals surface area contributed by atoms with Crippen LogP contribution in [0.2, 0.25) is 0 Å². The molecule has 4 heterocycles. The Morgan fingerprint density at radius 1 is 0.385 bits per heavy atom. The molecule has 0 amide bonds. The van der Waals surface area contributed by atoms with Crippen molar-refractivity contribution in [1.82, 2.24) is 9.38 Å². The lowest BCUT2D eigenvalue weighted by molar-refractivity contribution is 0.669. The highest BCUT2D eigenvalue weighted by Crippen LogP contribution is 2.45. The summed E-state index contributed by atoms with van der Waals surface area (Å²) in [5.41, 5.74) is 13.3. The van der Waals surface area contributed by atoms with Crippen LogP contribution in [0.4, 0.5) is 0 Å². The molecular weight excluding hydrogens is 633 g/mol. The molecule has 0 aliphatic heterocycles. The van der Waals surface area contributed by atoms with Crippen molar-refractivity contribution in [2.75, 3.05) is 0 Å². The largest absolute Gasteiger partial charge is 0.456 e. The van der Waals surface area contributed by atoms with Gasteiger partial charge in [0.25, 0.3) is 0 Å². The standard InChI is InChI=1S/C49H28N2O/c1-2-12-29(13-3-1)47-38-24-25-44-46(36-18-6-9-23-43(36)52-44)45(38)37-20-11-19-33(48(37)50-47)31-15-10-14-30(26-31)32-27-39-34-16-4-7-21-41(34)51-42-22-8-5-17-35(42)40(28-32)49(39)51/h1-28H. The van der Waals surface area contributed by atoms with Crippen LogP contribution in [0.3, 0.4) is 0 Å². The van der Waals surface area contributed by atoms with Gasteiger partial charge >= 0.3 is 0 Å². The van der Waals surface area contributed by atoms with Gasteiger partial charge in [-0.3, -0.25) is 0 Å². The van der Waals surface area contributed by atoms with Crippen molar-refractivity contribution >= 4 is 81.7 Å². The van der Waals surface area contributed by atoms with Crippen LogP contribution in [0.25, 0.3) is 115 Å². The highest BCUT2D eigenvalue weighted by atomic mass is 16.3. The Balaban J connectivity index is 1.14. The molecule has 8 aromatic carbocycles. The molecule has 3 nitrogen and oxygen atoms in total. The Hall–Kier alpha value is -6.97. The van der Waals surface area contributed by atoms with Crippen molar-refractivity contribution in [3.8, 4) is 33.5 Å². The number of hydrogen-bond acceptors (Lipinski definition) is 2. The van der Waals surface area contributed by atoms with Crippen molar-refractivity contribution in [2.45, 2.75) is 0 Å². The maximum absolute atomic E-state index is 6.41. The van der Waals surface area contributed by atoms with Crippen LogP contribution in [0, 0.1) is 0 Å². The molecule has 0 saturated heterocycles. The average Bonchev–Trinajstić information content (AvgIpc) is 3.87.